The minimum Gasteiger partial charge on any atom is -0.259 e. The molecule has 1 heterocycles. The second-order valence-corrected chi connectivity index (χ2v) is 7.61. The Kier molecular flexibility index (Phi) is 5.11. The van der Waals surface area contributed by atoms with Gasteiger partial charge in [-0.25, -0.2) is 17.8 Å². The fraction of sp³-hybridized carbons (Fsp3) is 0.286. The molecule has 22 heavy (non-hydrogen) atoms. The Bertz CT molecular complexity index is 810. The molecule has 0 fully saturated rings. The van der Waals surface area contributed by atoms with E-state index >= 15 is 0 Å². The zero-order valence-electron chi connectivity index (χ0n) is 11.8. The quantitative estimate of drug-likeness (QED) is 0.877. The van der Waals surface area contributed by atoms with Crippen LogP contribution in [0.4, 0.5) is 9.52 Å². The lowest BCUT2D eigenvalue weighted by Crippen LogP contribution is -2.15. The van der Waals surface area contributed by atoms with Crippen molar-refractivity contribution in [1.82, 2.24) is 4.98 Å². The molecule has 1 N–H and O–H groups in total. The highest BCUT2D eigenvalue weighted by molar-refractivity contribution is 7.92. The summed E-state index contributed by atoms with van der Waals surface area (Å²) in [5.74, 6) is -0.505. The van der Waals surface area contributed by atoms with E-state index in [1.165, 1.54) is 23.5 Å². The maximum absolute atomic E-state index is 13.3. The first-order chi connectivity index (χ1) is 10.4. The van der Waals surface area contributed by atoms with Crippen LogP contribution in [0.1, 0.15) is 29.3 Å². The monoisotopic (exact) mass is 339 g/mol. The van der Waals surface area contributed by atoms with Crippen LogP contribution in [0.3, 0.4) is 0 Å². The average molecular weight is 339 g/mol. The predicted molar refractivity (Wildman–Crippen MR) is 83.7 cm³/mol. The van der Waals surface area contributed by atoms with E-state index in [4.69, 9.17) is 5.26 Å². The fourth-order valence-electron chi connectivity index (χ4n) is 1.86. The highest BCUT2D eigenvalue weighted by atomic mass is 32.2. The van der Waals surface area contributed by atoms with Crippen LogP contribution in [-0.2, 0) is 16.4 Å². The topological polar surface area (TPSA) is 82.8 Å². The zero-order valence-corrected chi connectivity index (χ0v) is 13.5. The van der Waals surface area contributed by atoms with E-state index < -0.39 is 15.8 Å². The van der Waals surface area contributed by atoms with Crippen LogP contribution in [0, 0.1) is 17.1 Å². The average Bonchev–Trinajstić information content (AvgIpc) is 2.87. The van der Waals surface area contributed by atoms with Crippen molar-refractivity contribution in [3.8, 4) is 6.07 Å². The van der Waals surface area contributed by atoms with Gasteiger partial charge in [0.15, 0.2) is 5.13 Å². The molecular weight excluding hydrogens is 325 g/mol. The number of rotatable bonds is 6. The van der Waals surface area contributed by atoms with Crippen molar-refractivity contribution in [2.75, 3.05) is 10.5 Å². The van der Waals surface area contributed by atoms with Crippen molar-refractivity contribution in [1.29, 1.82) is 5.26 Å². The molecule has 0 unspecified atom stereocenters. The fourth-order valence-corrected chi connectivity index (χ4v) is 4.06. The van der Waals surface area contributed by atoms with Gasteiger partial charge in [-0.15, -0.1) is 11.3 Å². The number of sulfonamides is 1. The maximum Gasteiger partial charge on any atom is 0.234 e. The van der Waals surface area contributed by atoms with E-state index in [0.717, 1.165) is 10.4 Å². The Morgan fingerprint density at radius 1 is 1.45 bits per heavy atom. The number of nitrogens with zero attached hydrogens (tertiary/aromatic N) is 2. The third kappa shape index (κ3) is 4.26. The predicted octanol–water partition coefficient (Wildman–Crippen LogP) is 2.90. The van der Waals surface area contributed by atoms with Crippen molar-refractivity contribution in [2.24, 2.45) is 0 Å². The van der Waals surface area contributed by atoms with Crippen LogP contribution in [0.25, 0.3) is 0 Å². The van der Waals surface area contributed by atoms with Gasteiger partial charge in [-0.2, -0.15) is 5.26 Å². The Hall–Kier alpha value is -1.98. The number of anilines is 1. The van der Waals surface area contributed by atoms with E-state index in [1.807, 2.05) is 0 Å². The number of thiazole rings is 1. The summed E-state index contributed by atoms with van der Waals surface area (Å²) in [6.45, 7) is 1.79. The van der Waals surface area contributed by atoms with Gasteiger partial charge in [0.25, 0.3) is 0 Å². The van der Waals surface area contributed by atoms with Gasteiger partial charge in [0.05, 0.1) is 11.3 Å². The lowest BCUT2D eigenvalue weighted by atomic mass is 10.1. The summed E-state index contributed by atoms with van der Waals surface area (Å²) < 4.78 is 39.0. The summed E-state index contributed by atoms with van der Waals surface area (Å²) in [6.07, 6.45) is 2.56. The summed E-state index contributed by atoms with van der Waals surface area (Å²) in [6, 6.07) is 6.12. The number of hydrogen-bond donors (Lipinski definition) is 1. The summed E-state index contributed by atoms with van der Waals surface area (Å²) in [4.78, 5) is 4.85. The van der Waals surface area contributed by atoms with E-state index in [0.29, 0.717) is 18.0 Å². The number of nitriles is 1. The summed E-state index contributed by atoms with van der Waals surface area (Å²) in [7, 11) is -3.36. The Morgan fingerprint density at radius 2 is 2.23 bits per heavy atom. The van der Waals surface area contributed by atoms with Crippen LogP contribution in [0.15, 0.2) is 24.4 Å². The normalized spacial score (nSPS) is 11.1. The Balaban J connectivity index is 2.11. The third-order valence-electron chi connectivity index (χ3n) is 2.80. The van der Waals surface area contributed by atoms with Gasteiger partial charge in [0.1, 0.15) is 11.9 Å². The van der Waals surface area contributed by atoms with Gasteiger partial charge < -0.3 is 0 Å². The molecule has 116 valence electrons. The molecule has 1 aromatic heterocycles. The molecule has 2 aromatic rings. The lowest BCUT2D eigenvalue weighted by molar-refractivity contribution is 0.600. The summed E-state index contributed by atoms with van der Waals surface area (Å²) >= 11 is 1.22. The second kappa shape index (κ2) is 6.85. The highest BCUT2D eigenvalue weighted by Gasteiger charge is 2.12. The minimum atomic E-state index is -3.36. The molecule has 5 nitrogen and oxygen atoms in total. The first-order valence-electron chi connectivity index (χ1n) is 6.57. The molecule has 8 heteroatoms. The third-order valence-corrected chi connectivity index (χ3v) is 5.29. The Morgan fingerprint density at radius 3 is 2.91 bits per heavy atom. The number of hydrogen-bond acceptors (Lipinski definition) is 5. The largest absolute Gasteiger partial charge is 0.259 e. The second-order valence-electron chi connectivity index (χ2n) is 4.66. The number of nitrogens with one attached hydrogen (secondary N) is 1. The molecule has 0 radical (unpaired) electrons. The minimum absolute atomic E-state index is 0.00844. The van der Waals surface area contributed by atoms with Crippen LogP contribution in [0.5, 0.6) is 0 Å². The molecule has 0 saturated carbocycles. The van der Waals surface area contributed by atoms with Gasteiger partial charge in [-0.3, -0.25) is 4.72 Å². The van der Waals surface area contributed by atoms with Crippen LogP contribution >= 0.6 is 11.3 Å². The van der Waals surface area contributed by atoms with Gasteiger partial charge >= 0.3 is 0 Å². The molecule has 2 rings (SSSR count). The first-order valence-corrected chi connectivity index (χ1v) is 9.04. The molecule has 0 amide bonds. The molecule has 0 aliphatic heterocycles. The van der Waals surface area contributed by atoms with Gasteiger partial charge in [-0.05, 0) is 24.1 Å². The van der Waals surface area contributed by atoms with Gasteiger partial charge in [0.2, 0.25) is 10.0 Å². The van der Waals surface area contributed by atoms with Crippen molar-refractivity contribution >= 4 is 26.5 Å². The first kappa shape index (κ1) is 16.4. The van der Waals surface area contributed by atoms with Crippen LogP contribution in [-0.4, -0.2) is 19.2 Å². The van der Waals surface area contributed by atoms with Crippen molar-refractivity contribution in [3.63, 3.8) is 0 Å². The van der Waals surface area contributed by atoms with E-state index in [9.17, 15) is 12.8 Å². The van der Waals surface area contributed by atoms with Gasteiger partial charge in [-0.1, -0.05) is 13.0 Å². The molecule has 0 aliphatic carbocycles. The molecule has 0 bridgehead atoms. The summed E-state index contributed by atoms with van der Waals surface area (Å²) in [5.41, 5.74) is 0.760. The molecule has 0 spiro atoms. The summed E-state index contributed by atoms with van der Waals surface area (Å²) in [5, 5.41) is 9.13. The lowest BCUT2D eigenvalue weighted by Gasteiger charge is -2.02. The smallest absolute Gasteiger partial charge is 0.234 e. The Labute approximate surface area is 132 Å². The molecule has 0 atom stereocenters. The van der Waals surface area contributed by atoms with E-state index in [-0.39, 0.29) is 11.3 Å². The van der Waals surface area contributed by atoms with E-state index in [1.54, 1.807) is 25.3 Å². The van der Waals surface area contributed by atoms with Crippen molar-refractivity contribution in [3.05, 3.63) is 46.2 Å². The highest BCUT2D eigenvalue weighted by Crippen LogP contribution is 2.23. The zero-order chi connectivity index (χ0) is 16.2. The molecular formula is C14H14FN3O2S2. The van der Waals surface area contributed by atoms with Gasteiger partial charge in [0, 0.05) is 17.5 Å². The van der Waals surface area contributed by atoms with Crippen LogP contribution in [0.2, 0.25) is 0 Å². The van der Waals surface area contributed by atoms with Crippen molar-refractivity contribution in [2.45, 2.75) is 19.8 Å². The SMILES string of the molecule is CCCS(=O)(=O)Nc1ncc(Cc2ccc(F)c(C#N)c2)s1. The number of halogens is 1. The van der Waals surface area contributed by atoms with E-state index in [2.05, 4.69) is 9.71 Å². The molecule has 0 saturated heterocycles. The maximum atomic E-state index is 13.3. The number of aromatic nitrogens is 1. The van der Waals surface area contributed by atoms with Crippen molar-refractivity contribution < 1.29 is 12.8 Å². The number of benzene rings is 1. The van der Waals surface area contributed by atoms with Crippen LogP contribution < -0.4 is 4.72 Å². The standard InChI is InChI=1S/C14H14FN3O2S2/c1-2-5-22(19,20)18-14-17-9-12(21-14)7-10-3-4-13(15)11(6-10)8-16/h3-4,6,9H,2,5,7H2,1H3,(H,17,18). The molecule has 1 aromatic carbocycles. The molecule has 0 aliphatic rings.